The van der Waals surface area contributed by atoms with Gasteiger partial charge in [-0.1, -0.05) is 95.4 Å². The summed E-state index contributed by atoms with van der Waals surface area (Å²) in [7, 11) is -4.41. The van der Waals surface area contributed by atoms with Crippen LogP contribution in [0.5, 0.6) is 0 Å². The van der Waals surface area contributed by atoms with E-state index >= 15 is 0 Å². The van der Waals surface area contributed by atoms with Crippen LogP contribution in [0.2, 0.25) is 0 Å². The normalized spacial score (nSPS) is 11.5. The van der Waals surface area contributed by atoms with E-state index in [4.69, 9.17) is 0 Å². The summed E-state index contributed by atoms with van der Waals surface area (Å²) in [6.07, 6.45) is 15.3. The molecule has 0 aliphatic rings. The Morgan fingerprint density at radius 3 is 1.93 bits per heavy atom. The van der Waals surface area contributed by atoms with E-state index in [0.717, 1.165) is 29.2 Å². The predicted molar refractivity (Wildman–Crippen MR) is 112 cm³/mol. The summed E-state index contributed by atoms with van der Waals surface area (Å²) >= 11 is 0. The maximum Gasteiger partial charge on any atom is 1.00 e. The minimum Gasteiger partial charge on any atom is -0.744 e. The van der Waals surface area contributed by atoms with E-state index in [1.54, 1.807) is 6.07 Å². The number of fused-ring (bicyclic) bond motifs is 1. The molecular weight excluding hydrogens is 395 g/mol. The molecule has 0 fully saturated rings. The molecule has 0 aliphatic carbocycles. The molecule has 0 saturated carbocycles. The van der Waals surface area contributed by atoms with Crippen molar-refractivity contribution in [2.75, 3.05) is 0 Å². The van der Waals surface area contributed by atoms with Crippen molar-refractivity contribution in [3.8, 4) is 0 Å². The summed E-state index contributed by atoms with van der Waals surface area (Å²) in [5.41, 5.74) is 1.13. The van der Waals surface area contributed by atoms with Gasteiger partial charge in [0.15, 0.2) is 0 Å². The monoisotopic (exact) mass is 428 g/mol. The van der Waals surface area contributed by atoms with Crippen molar-refractivity contribution < 1.29 is 64.4 Å². The van der Waals surface area contributed by atoms with E-state index in [1.165, 1.54) is 76.3 Å². The molecule has 0 bridgehead atoms. The van der Waals surface area contributed by atoms with Gasteiger partial charge >= 0.3 is 51.4 Å². The molecule has 0 saturated heterocycles. The van der Waals surface area contributed by atoms with Crippen molar-refractivity contribution in [1.82, 2.24) is 0 Å². The van der Waals surface area contributed by atoms with Crippen LogP contribution in [0.25, 0.3) is 10.8 Å². The minimum absolute atomic E-state index is 0. The van der Waals surface area contributed by atoms with E-state index in [9.17, 15) is 13.0 Å². The molecule has 0 unspecified atom stereocenters. The van der Waals surface area contributed by atoms with Crippen LogP contribution >= 0.6 is 0 Å². The summed E-state index contributed by atoms with van der Waals surface area (Å²) in [6.45, 7) is 2.25. The second-order valence-corrected chi connectivity index (χ2v) is 8.92. The Labute approximate surface area is 213 Å². The standard InChI is InChI=1S/C23H34O3S.K/c1-2-3-4-5-6-7-8-9-10-11-12-14-20-15-13-16-21-17-18-22(19-23(20)21)27(24,25)26;/h13,15-19H,2-12,14H2,1H3,(H,24,25,26);/q;+1/p-1. The molecule has 0 atom stereocenters. The number of benzene rings is 2. The number of hydrogen-bond acceptors (Lipinski definition) is 3. The van der Waals surface area contributed by atoms with Gasteiger partial charge < -0.3 is 4.55 Å². The van der Waals surface area contributed by atoms with Gasteiger partial charge in [0.1, 0.15) is 10.1 Å². The Hall–Kier alpha value is 0.246. The second-order valence-electron chi connectivity index (χ2n) is 7.54. The molecule has 0 N–H and O–H groups in total. The molecular formula is C23H33KO3S. The van der Waals surface area contributed by atoms with Gasteiger partial charge in [0.25, 0.3) is 0 Å². The summed E-state index contributed by atoms with van der Waals surface area (Å²) in [5.74, 6) is 0. The second kappa shape index (κ2) is 14.3. The van der Waals surface area contributed by atoms with Crippen LogP contribution in [0.1, 0.15) is 83.1 Å². The molecule has 0 heterocycles. The van der Waals surface area contributed by atoms with E-state index < -0.39 is 10.1 Å². The Balaban J connectivity index is 0.00000392. The summed E-state index contributed by atoms with van der Waals surface area (Å²) in [4.78, 5) is -0.138. The van der Waals surface area contributed by atoms with E-state index in [2.05, 4.69) is 6.92 Å². The topological polar surface area (TPSA) is 57.2 Å². The minimum atomic E-state index is -4.41. The van der Waals surface area contributed by atoms with Gasteiger partial charge in [0.05, 0.1) is 4.90 Å². The average Bonchev–Trinajstić information content (AvgIpc) is 2.65. The van der Waals surface area contributed by atoms with E-state index in [1.807, 2.05) is 18.2 Å². The Bertz CT molecular complexity index is 803. The third-order valence-corrected chi connectivity index (χ3v) is 6.11. The molecule has 0 aliphatic heterocycles. The van der Waals surface area contributed by atoms with Crippen molar-refractivity contribution >= 4 is 20.9 Å². The zero-order valence-electron chi connectivity index (χ0n) is 17.6. The first-order chi connectivity index (χ1) is 13.0. The Kier molecular flexibility index (Phi) is 13.4. The van der Waals surface area contributed by atoms with E-state index in [0.29, 0.717) is 0 Å². The Morgan fingerprint density at radius 1 is 0.786 bits per heavy atom. The number of aryl methyl sites for hydroxylation is 1. The van der Waals surface area contributed by atoms with Gasteiger partial charge in [0.2, 0.25) is 0 Å². The zero-order valence-corrected chi connectivity index (χ0v) is 21.5. The average molecular weight is 429 g/mol. The largest absolute Gasteiger partial charge is 1.00 e. The van der Waals surface area contributed by atoms with Gasteiger partial charge in [-0.25, -0.2) is 8.42 Å². The molecule has 150 valence electrons. The number of hydrogen-bond donors (Lipinski definition) is 0. The van der Waals surface area contributed by atoms with Crippen molar-refractivity contribution in [3.05, 3.63) is 42.0 Å². The van der Waals surface area contributed by atoms with Crippen LogP contribution in [0, 0.1) is 0 Å². The quantitative estimate of drug-likeness (QED) is 0.278. The van der Waals surface area contributed by atoms with Gasteiger partial charge in [-0.3, -0.25) is 0 Å². The van der Waals surface area contributed by atoms with Crippen LogP contribution in [-0.2, 0) is 16.5 Å². The summed E-state index contributed by atoms with van der Waals surface area (Å²) in [6, 6.07) is 10.7. The van der Waals surface area contributed by atoms with Gasteiger partial charge in [-0.15, -0.1) is 0 Å². The fourth-order valence-electron chi connectivity index (χ4n) is 3.67. The van der Waals surface area contributed by atoms with Gasteiger partial charge in [-0.2, -0.15) is 0 Å². The molecule has 0 radical (unpaired) electrons. The molecule has 5 heteroatoms. The molecule has 28 heavy (non-hydrogen) atoms. The zero-order chi connectivity index (χ0) is 19.5. The van der Waals surface area contributed by atoms with Crippen molar-refractivity contribution in [1.29, 1.82) is 0 Å². The fraction of sp³-hybridized carbons (Fsp3) is 0.565. The fourth-order valence-corrected chi connectivity index (χ4v) is 4.17. The summed E-state index contributed by atoms with van der Waals surface area (Å²) in [5, 5.41) is 1.88. The van der Waals surface area contributed by atoms with E-state index in [-0.39, 0.29) is 56.3 Å². The van der Waals surface area contributed by atoms with Crippen LogP contribution in [0.3, 0.4) is 0 Å². The first-order valence-electron chi connectivity index (χ1n) is 10.5. The third-order valence-electron chi connectivity index (χ3n) is 5.28. The molecule has 0 spiro atoms. The maximum absolute atomic E-state index is 11.3. The van der Waals surface area contributed by atoms with Gasteiger partial charge in [0, 0.05) is 0 Å². The molecule has 2 aromatic carbocycles. The number of rotatable bonds is 13. The smallest absolute Gasteiger partial charge is 0.744 e. The molecule has 0 amide bonds. The van der Waals surface area contributed by atoms with Crippen molar-refractivity contribution in [2.45, 2.75) is 88.9 Å². The number of unbranched alkanes of at least 4 members (excludes halogenated alkanes) is 10. The molecule has 2 rings (SSSR count). The molecule has 3 nitrogen and oxygen atoms in total. The molecule has 0 aromatic heterocycles. The summed E-state index contributed by atoms with van der Waals surface area (Å²) < 4.78 is 33.9. The SMILES string of the molecule is CCCCCCCCCCCCCc1cccc2ccc(S(=O)(=O)[O-])cc12.[K+]. The third kappa shape index (κ3) is 9.37. The predicted octanol–water partition coefficient (Wildman–Crippen LogP) is 3.60. The van der Waals surface area contributed by atoms with Crippen LogP contribution in [0.4, 0.5) is 0 Å². The molecule has 2 aromatic rings. The Morgan fingerprint density at radius 2 is 1.36 bits per heavy atom. The van der Waals surface area contributed by atoms with Crippen LogP contribution < -0.4 is 51.4 Å². The van der Waals surface area contributed by atoms with Crippen LogP contribution in [0.15, 0.2) is 41.3 Å². The van der Waals surface area contributed by atoms with Gasteiger partial charge in [-0.05, 0) is 41.3 Å². The maximum atomic E-state index is 11.3. The van der Waals surface area contributed by atoms with Crippen LogP contribution in [-0.4, -0.2) is 13.0 Å². The van der Waals surface area contributed by atoms with Crippen molar-refractivity contribution in [3.63, 3.8) is 0 Å². The first kappa shape index (κ1) is 26.3. The van der Waals surface area contributed by atoms with Crippen molar-refractivity contribution in [2.24, 2.45) is 0 Å². The first-order valence-corrected chi connectivity index (χ1v) is 11.9.